The fraction of sp³-hybridized carbons (Fsp3) is 0.750. The molecule has 2 aliphatic heterocycles. The number of nitrogens with zero attached hydrogens (tertiary/aromatic N) is 4. The van der Waals surface area contributed by atoms with E-state index in [1.807, 2.05) is 7.05 Å². The SMILES string of the molecule is CN1CCO[C@H](C(=O)N(C)C[C@@H]2CCc3nc(C(F)(F)F)cn3C2)C1. The number of fused-ring (bicyclic) bond motifs is 1. The minimum absolute atomic E-state index is 0.0704. The van der Waals surface area contributed by atoms with Crippen LogP contribution in [0.25, 0.3) is 0 Å². The van der Waals surface area contributed by atoms with Crippen LogP contribution in [-0.4, -0.2) is 71.7 Å². The van der Waals surface area contributed by atoms with E-state index in [0.717, 1.165) is 19.2 Å². The maximum atomic E-state index is 12.8. The van der Waals surface area contributed by atoms with Gasteiger partial charge < -0.3 is 19.1 Å². The lowest BCUT2D eigenvalue weighted by molar-refractivity contribution is -0.148. The predicted molar refractivity (Wildman–Crippen MR) is 83.9 cm³/mol. The second-order valence-corrected chi connectivity index (χ2v) is 6.94. The molecule has 2 aliphatic rings. The molecule has 2 atom stereocenters. The predicted octanol–water partition coefficient (Wildman–Crippen LogP) is 1.25. The van der Waals surface area contributed by atoms with E-state index in [4.69, 9.17) is 4.74 Å². The smallest absolute Gasteiger partial charge is 0.366 e. The number of halogens is 3. The van der Waals surface area contributed by atoms with E-state index in [-0.39, 0.29) is 11.8 Å². The van der Waals surface area contributed by atoms with Crippen LogP contribution in [0.1, 0.15) is 17.9 Å². The van der Waals surface area contributed by atoms with Crippen LogP contribution in [0.15, 0.2) is 6.20 Å². The van der Waals surface area contributed by atoms with Crippen LogP contribution in [0.4, 0.5) is 13.2 Å². The molecular formula is C16H23F3N4O2. The van der Waals surface area contributed by atoms with Crippen molar-refractivity contribution < 1.29 is 22.7 Å². The maximum Gasteiger partial charge on any atom is 0.434 e. The Morgan fingerprint density at radius 1 is 1.44 bits per heavy atom. The zero-order valence-electron chi connectivity index (χ0n) is 14.4. The summed E-state index contributed by atoms with van der Waals surface area (Å²) in [6.45, 7) is 2.85. The van der Waals surface area contributed by atoms with Gasteiger partial charge in [-0.15, -0.1) is 0 Å². The van der Waals surface area contributed by atoms with E-state index >= 15 is 0 Å². The quantitative estimate of drug-likeness (QED) is 0.814. The largest absolute Gasteiger partial charge is 0.434 e. The zero-order valence-corrected chi connectivity index (χ0v) is 14.4. The van der Waals surface area contributed by atoms with Gasteiger partial charge in [-0.05, 0) is 19.4 Å². The molecule has 0 bridgehead atoms. The summed E-state index contributed by atoms with van der Waals surface area (Å²) in [5, 5.41) is 0. The topological polar surface area (TPSA) is 50.6 Å². The Morgan fingerprint density at radius 3 is 2.88 bits per heavy atom. The van der Waals surface area contributed by atoms with Gasteiger partial charge in [0.2, 0.25) is 0 Å². The number of aromatic nitrogens is 2. The Bertz CT molecular complexity index is 631. The van der Waals surface area contributed by atoms with Gasteiger partial charge in [-0.3, -0.25) is 4.79 Å². The molecule has 1 aromatic rings. The molecule has 0 saturated carbocycles. The van der Waals surface area contributed by atoms with E-state index in [9.17, 15) is 18.0 Å². The van der Waals surface area contributed by atoms with E-state index in [0.29, 0.717) is 38.5 Å². The molecule has 3 rings (SSSR count). The van der Waals surface area contributed by atoms with E-state index in [1.165, 1.54) is 0 Å². The molecule has 1 fully saturated rings. The lowest BCUT2D eigenvalue weighted by atomic mass is 9.98. The number of hydrogen-bond donors (Lipinski definition) is 0. The van der Waals surface area contributed by atoms with Crippen molar-refractivity contribution in [3.05, 3.63) is 17.7 Å². The number of carbonyl (C=O) groups is 1. The van der Waals surface area contributed by atoms with Crippen molar-refractivity contribution in [1.29, 1.82) is 0 Å². The second kappa shape index (κ2) is 6.95. The van der Waals surface area contributed by atoms with Crippen molar-refractivity contribution in [2.75, 3.05) is 40.3 Å². The first-order chi connectivity index (χ1) is 11.7. The highest BCUT2D eigenvalue weighted by Crippen LogP contribution is 2.30. The molecule has 0 radical (unpaired) electrons. The molecule has 0 N–H and O–H groups in total. The van der Waals surface area contributed by atoms with Crippen LogP contribution in [0.3, 0.4) is 0 Å². The third-order valence-corrected chi connectivity index (χ3v) is 4.83. The number of ether oxygens (including phenoxy) is 1. The number of alkyl halides is 3. The van der Waals surface area contributed by atoms with Crippen molar-refractivity contribution >= 4 is 5.91 Å². The number of likely N-dealkylation sites (N-methyl/N-ethyl adjacent to an activating group) is 2. The molecule has 6 nitrogen and oxygen atoms in total. The van der Waals surface area contributed by atoms with Crippen LogP contribution in [0.2, 0.25) is 0 Å². The maximum absolute atomic E-state index is 12.8. The summed E-state index contributed by atoms with van der Waals surface area (Å²) in [7, 11) is 3.67. The van der Waals surface area contributed by atoms with Crippen LogP contribution in [0, 0.1) is 5.92 Å². The van der Waals surface area contributed by atoms with Gasteiger partial charge in [0.1, 0.15) is 11.9 Å². The Kier molecular flexibility index (Phi) is 5.06. The fourth-order valence-electron chi connectivity index (χ4n) is 3.45. The molecule has 1 aromatic heterocycles. The molecule has 1 amide bonds. The average molecular weight is 360 g/mol. The van der Waals surface area contributed by atoms with Crippen LogP contribution < -0.4 is 0 Å². The average Bonchev–Trinajstić information content (AvgIpc) is 2.97. The molecule has 0 aliphatic carbocycles. The first-order valence-electron chi connectivity index (χ1n) is 8.42. The molecule has 3 heterocycles. The fourth-order valence-corrected chi connectivity index (χ4v) is 3.45. The van der Waals surface area contributed by atoms with Gasteiger partial charge in [0.15, 0.2) is 5.69 Å². The van der Waals surface area contributed by atoms with Gasteiger partial charge in [-0.2, -0.15) is 13.2 Å². The number of imidazole rings is 1. The summed E-state index contributed by atoms with van der Waals surface area (Å²) >= 11 is 0. The van der Waals surface area contributed by atoms with E-state index in [2.05, 4.69) is 9.88 Å². The molecular weight excluding hydrogens is 337 g/mol. The molecule has 25 heavy (non-hydrogen) atoms. The summed E-state index contributed by atoms with van der Waals surface area (Å²) in [6.07, 6.45) is -2.60. The standard InChI is InChI=1S/C16H23F3N4O2/c1-21-5-6-25-12(9-21)15(24)22(2)7-11-3-4-14-20-13(16(17,18)19)10-23(14)8-11/h10-12H,3-9H2,1-2H3/t11-,12-/m0/s1. The molecule has 0 spiro atoms. The highest BCUT2D eigenvalue weighted by molar-refractivity contribution is 5.81. The number of aryl methyl sites for hydroxylation is 1. The van der Waals surface area contributed by atoms with Crippen molar-refractivity contribution in [3.63, 3.8) is 0 Å². The summed E-state index contributed by atoms with van der Waals surface area (Å²) in [5.41, 5.74) is -0.841. The molecule has 140 valence electrons. The van der Waals surface area contributed by atoms with Gasteiger partial charge in [0.25, 0.3) is 5.91 Å². The molecule has 1 saturated heterocycles. The Hall–Kier alpha value is -1.61. The second-order valence-electron chi connectivity index (χ2n) is 6.94. The van der Waals surface area contributed by atoms with Gasteiger partial charge in [0, 0.05) is 45.8 Å². The van der Waals surface area contributed by atoms with Crippen molar-refractivity contribution in [2.45, 2.75) is 31.7 Å². The van der Waals surface area contributed by atoms with E-state index < -0.39 is 18.0 Å². The minimum atomic E-state index is -4.42. The lowest BCUT2D eigenvalue weighted by Gasteiger charge is -2.33. The first-order valence-corrected chi connectivity index (χ1v) is 8.42. The number of rotatable bonds is 3. The summed E-state index contributed by atoms with van der Waals surface area (Å²) in [5.74, 6) is 0.506. The Balaban J connectivity index is 1.59. The summed E-state index contributed by atoms with van der Waals surface area (Å²) in [4.78, 5) is 19.9. The highest BCUT2D eigenvalue weighted by Gasteiger charge is 2.36. The summed E-state index contributed by atoms with van der Waals surface area (Å²) in [6, 6.07) is 0. The van der Waals surface area contributed by atoms with Crippen molar-refractivity contribution in [1.82, 2.24) is 19.4 Å². The van der Waals surface area contributed by atoms with Gasteiger partial charge in [0.05, 0.1) is 6.61 Å². The Labute approximate surface area is 144 Å². The third kappa shape index (κ3) is 4.14. The normalized spacial score (nSPS) is 24.8. The van der Waals surface area contributed by atoms with Crippen LogP contribution in [0.5, 0.6) is 0 Å². The number of morpholine rings is 1. The Morgan fingerprint density at radius 2 is 2.20 bits per heavy atom. The summed E-state index contributed by atoms with van der Waals surface area (Å²) < 4.78 is 45.4. The van der Waals surface area contributed by atoms with E-state index in [1.54, 1.807) is 16.5 Å². The van der Waals surface area contributed by atoms with Crippen molar-refractivity contribution in [3.8, 4) is 0 Å². The molecule has 0 unspecified atom stereocenters. The van der Waals surface area contributed by atoms with Crippen LogP contribution in [-0.2, 0) is 28.7 Å². The third-order valence-electron chi connectivity index (χ3n) is 4.83. The number of hydrogen-bond acceptors (Lipinski definition) is 4. The minimum Gasteiger partial charge on any atom is -0.366 e. The molecule has 0 aromatic carbocycles. The van der Waals surface area contributed by atoms with Gasteiger partial charge in [-0.25, -0.2) is 4.98 Å². The first kappa shape index (κ1) is 18.2. The van der Waals surface area contributed by atoms with Crippen LogP contribution >= 0.6 is 0 Å². The van der Waals surface area contributed by atoms with Gasteiger partial charge >= 0.3 is 6.18 Å². The van der Waals surface area contributed by atoms with Gasteiger partial charge in [-0.1, -0.05) is 0 Å². The number of carbonyl (C=O) groups excluding carboxylic acids is 1. The monoisotopic (exact) mass is 360 g/mol. The van der Waals surface area contributed by atoms with Crippen molar-refractivity contribution in [2.24, 2.45) is 5.92 Å². The molecule has 9 heteroatoms. The highest BCUT2D eigenvalue weighted by atomic mass is 19.4. The lowest BCUT2D eigenvalue weighted by Crippen LogP contribution is -2.50. The zero-order chi connectivity index (χ0) is 18.2. The number of amides is 1.